The molecule has 0 saturated carbocycles. The zero-order valence-corrected chi connectivity index (χ0v) is 12.3. The van der Waals surface area contributed by atoms with Gasteiger partial charge in [-0.15, -0.1) is 0 Å². The van der Waals surface area contributed by atoms with Crippen molar-refractivity contribution in [1.29, 1.82) is 0 Å². The van der Waals surface area contributed by atoms with Crippen LogP contribution in [0.3, 0.4) is 0 Å². The number of aromatic nitrogens is 2. The molecule has 0 spiro atoms. The van der Waals surface area contributed by atoms with E-state index in [1.165, 1.54) is 0 Å². The van der Waals surface area contributed by atoms with Crippen LogP contribution in [-0.2, 0) is 0 Å². The predicted octanol–water partition coefficient (Wildman–Crippen LogP) is 2.65. The largest absolute Gasteiger partial charge is 0.399 e. The Morgan fingerprint density at radius 1 is 1.45 bits per heavy atom. The second kappa shape index (κ2) is 5.94. The summed E-state index contributed by atoms with van der Waals surface area (Å²) in [6.45, 7) is 7.70. The fourth-order valence-corrected chi connectivity index (χ4v) is 2.21. The van der Waals surface area contributed by atoms with Crippen LogP contribution in [-0.4, -0.2) is 34.1 Å². The summed E-state index contributed by atoms with van der Waals surface area (Å²) in [5, 5.41) is 7.85. The summed E-state index contributed by atoms with van der Waals surface area (Å²) in [6, 6.07) is 5.44. The summed E-state index contributed by atoms with van der Waals surface area (Å²) < 4.78 is 0. The van der Waals surface area contributed by atoms with Crippen LogP contribution in [0.15, 0.2) is 18.2 Å². The fourth-order valence-electron chi connectivity index (χ4n) is 2.21. The highest BCUT2D eigenvalue weighted by atomic mass is 16.2. The molecule has 1 aromatic heterocycles. The van der Waals surface area contributed by atoms with E-state index in [-0.39, 0.29) is 5.91 Å². The van der Waals surface area contributed by atoms with Crippen LogP contribution in [0.1, 0.15) is 37.7 Å². The number of carbonyl (C=O) groups is 1. The van der Waals surface area contributed by atoms with Crippen molar-refractivity contribution in [1.82, 2.24) is 15.1 Å². The van der Waals surface area contributed by atoms with Crippen molar-refractivity contribution in [2.75, 3.05) is 18.8 Å². The van der Waals surface area contributed by atoms with Gasteiger partial charge in [0.2, 0.25) is 0 Å². The van der Waals surface area contributed by atoms with Gasteiger partial charge in [0.25, 0.3) is 5.91 Å². The van der Waals surface area contributed by atoms with Gasteiger partial charge in [0.15, 0.2) is 5.69 Å². The first-order valence-electron chi connectivity index (χ1n) is 7.09. The molecule has 20 heavy (non-hydrogen) atoms. The van der Waals surface area contributed by atoms with Crippen molar-refractivity contribution in [3.05, 3.63) is 23.9 Å². The summed E-state index contributed by atoms with van der Waals surface area (Å²) in [4.78, 5) is 14.5. The van der Waals surface area contributed by atoms with E-state index in [9.17, 15) is 4.79 Å². The minimum absolute atomic E-state index is 0.0374. The highest BCUT2D eigenvalue weighted by Gasteiger charge is 2.21. The van der Waals surface area contributed by atoms with Crippen LogP contribution >= 0.6 is 0 Å². The second-order valence-electron chi connectivity index (χ2n) is 5.23. The van der Waals surface area contributed by atoms with Crippen LogP contribution in [0.5, 0.6) is 0 Å². The summed E-state index contributed by atoms with van der Waals surface area (Å²) in [7, 11) is 0. The van der Waals surface area contributed by atoms with Crippen molar-refractivity contribution >= 4 is 22.5 Å². The summed E-state index contributed by atoms with van der Waals surface area (Å²) >= 11 is 0. The lowest BCUT2D eigenvalue weighted by molar-refractivity contribution is 0.0737. The first-order valence-corrected chi connectivity index (χ1v) is 7.09. The Balaban J connectivity index is 2.32. The molecule has 2 rings (SSSR count). The normalized spacial score (nSPS) is 12.6. The Bertz CT molecular complexity index is 605. The van der Waals surface area contributed by atoms with Gasteiger partial charge in [-0.2, -0.15) is 5.10 Å². The quantitative estimate of drug-likeness (QED) is 0.823. The summed E-state index contributed by atoms with van der Waals surface area (Å²) in [5.41, 5.74) is 7.72. The van der Waals surface area contributed by atoms with Gasteiger partial charge in [0.05, 0.1) is 5.52 Å². The van der Waals surface area contributed by atoms with Crippen molar-refractivity contribution in [3.8, 4) is 0 Å². The molecule has 1 aromatic carbocycles. The molecule has 0 radical (unpaired) electrons. The van der Waals surface area contributed by atoms with E-state index in [4.69, 9.17) is 5.73 Å². The number of anilines is 1. The minimum atomic E-state index is -0.0374. The van der Waals surface area contributed by atoms with Crippen LogP contribution in [0.25, 0.3) is 10.9 Å². The Kier molecular flexibility index (Phi) is 4.27. The highest BCUT2D eigenvalue weighted by Crippen LogP contribution is 2.20. The van der Waals surface area contributed by atoms with E-state index in [2.05, 4.69) is 24.0 Å². The molecule has 0 bridgehead atoms. The molecule has 1 unspecified atom stereocenters. The number of H-pyrrole nitrogens is 1. The third kappa shape index (κ3) is 2.76. The molecule has 3 N–H and O–H groups in total. The SMILES string of the molecule is CCC(C)CN(CC)C(=O)c1n[nH]c2ccc(N)cc12. The molecule has 1 amide bonds. The van der Waals surface area contributed by atoms with Crippen LogP contribution < -0.4 is 5.73 Å². The Labute approximate surface area is 119 Å². The Hall–Kier alpha value is -2.04. The molecule has 2 aromatic rings. The molecule has 5 heteroatoms. The lowest BCUT2D eigenvalue weighted by Gasteiger charge is -2.23. The third-order valence-electron chi connectivity index (χ3n) is 3.69. The van der Waals surface area contributed by atoms with E-state index >= 15 is 0 Å². The molecule has 0 aliphatic rings. The number of hydrogen-bond acceptors (Lipinski definition) is 3. The molecular formula is C15H22N4O. The molecule has 108 valence electrons. The Morgan fingerprint density at radius 3 is 2.85 bits per heavy atom. The average Bonchev–Trinajstić information content (AvgIpc) is 2.86. The molecule has 1 heterocycles. The number of benzene rings is 1. The van der Waals surface area contributed by atoms with Crippen LogP contribution in [0, 0.1) is 5.92 Å². The number of carbonyl (C=O) groups excluding carboxylic acids is 1. The van der Waals surface area contributed by atoms with Gasteiger partial charge in [-0.3, -0.25) is 9.89 Å². The average molecular weight is 274 g/mol. The number of hydrogen-bond donors (Lipinski definition) is 2. The maximum Gasteiger partial charge on any atom is 0.274 e. The summed E-state index contributed by atoms with van der Waals surface area (Å²) in [5.74, 6) is 0.443. The van der Waals surface area contributed by atoms with Crippen molar-refractivity contribution in [3.63, 3.8) is 0 Å². The second-order valence-corrected chi connectivity index (χ2v) is 5.23. The van der Waals surface area contributed by atoms with E-state index in [0.29, 0.717) is 23.8 Å². The van der Waals surface area contributed by atoms with E-state index in [1.807, 2.05) is 17.9 Å². The minimum Gasteiger partial charge on any atom is -0.399 e. The maximum atomic E-state index is 12.6. The fraction of sp³-hybridized carbons (Fsp3) is 0.467. The lowest BCUT2D eigenvalue weighted by atomic mass is 10.1. The van der Waals surface area contributed by atoms with Crippen molar-refractivity contribution in [2.45, 2.75) is 27.2 Å². The predicted molar refractivity (Wildman–Crippen MR) is 81.5 cm³/mol. The summed E-state index contributed by atoms with van der Waals surface area (Å²) in [6.07, 6.45) is 1.05. The van der Waals surface area contributed by atoms with Gasteiger partial charge < -0.3 is 10.6 Å². The molecule has 5 nitrogen and oxygen atoms in total. The van der Waals surface area contributed by atoms with E-state index < -0.39 is 0 Å². The number of nitrogens with two attached hydrogens (primary N) is 1. The number of fused-ring (bicyclic) bond motifs is 1. The molecular weight excluding hydrogens is 252 g/mol. The van der Waals surface area contributed by atoms with Crippen molar-refractivity contribution in [2.24, 2.45) is 5.92 Å². The molecule has 0 aliphatic heterocycles. The smallest absolute Gasteiger partial charge is 0.274 e. The molecule has 0 aliphatic carbocycles. The molecule has 1 atom stereocenters. The third-order valence-corrected chi connectivity index (χ3v) is 3.69. The molecule has 0 fully saturated rings. The van der Waals surface area contributed by atoms with Gasteiger partial charge >= 0.3 is 0 Å². The maximum absolute atomic E-state index is 12.6. The topological polar surface area (TPSA) is 75.0 Å². The number of aromatic amines is 1. The van der Waals surface area contributed by atoms with Gasteiger partial charge in [-0.05, 0) is 31.0 Å². The van der Waals surface area contributed by atoms with Crippen LogP contribution in [0.4, 0.5) is 5.69 Å². The number of nitrogens with zero attached hydrogens (tertiary/aromatic N) is 2. The van der Waals surface area contributed by atoms with E-state index in [1.54, 1.807) is 12.1 Å². The monoisotopic (exact) mass is 274 g/mol. The number of nitrogens with one attached hydrogen (secondary N) is 1. The number of nitrogen functional groups attached to an aromatic ring is 1. The van der Waals surface area contributed by atoms with E-state index in [0.717, 1.165) is 23.9 Å². The van der Waals surface area contributed by atoms with Gasteiger partial charge in [-0.1, -0.05) is 20.3 Å². The first kappa shape index (κ1) is 14.4. The number of rotatable bonds is 5. The van der Waals surface area contributed by atoms with Gasteiger partial charge in [0, 0.05) is 24.2 Å². The van der Waals surface area contributed by atoms with Crippen molar-refractivity contribution < 1.29 is 4.79 Å². The van der Waals surface area contributed by atoms with Crippen LogP contribution in [0.2, 0.25) is 0 Å². The lowest BCUT2D eigenvalue weighted by Crippen LogP contribution is -2.34. The zero-order chi connectivity index (χ0) is 14.7. The first-order chi connectivity index (χ1) is 9.56. The number of amides is 1. The standard InChI is InChI=1S/C15H22N4O/c1-4-10(3)9-19(5-2)15(20)14-12-8-11(16)6-7-13(12)17-18-14/h6-8,10H,4-5,9,16H2,1-3H3,(H,17,18). The molecule has 0 saturated heterocycles. The van der Waals surface area contributed by atoms with Gasteiger partial charge in [0.1, 0.15) is 0 Å². The van der Waals surface area contributed by atoms with Gasteiger partial charge in [-0.25, -0.2) is 0 Å². The highest BCUT2D eigenvalue weighted by molar-refractivity contribution is 6.05. The zero-order valence-electron chi connectivity index (χ0n) is 12.3. The Morgan fingerprint density at radius 2 is 2.20 bits per heavy atom.